The summed E-state index contributed by atoms with van der Waals surface area (Å²) < 4.78 is 5.94. The largest absolute Gasteiger partial charge is 0.489 e. The first-order valence-electron chi connectivity index (χ1n) is 14.0. The van der Waals surface area contributed by atoms with Gasteiger partial charge in [0.25, 0.3) is 0 Å². The molecule has 4 rings (SSSR count). The molecule has 0 saturated heterocycles. The highest BCUT2D eigenvalue weighted by atomic mass is 32.1. The van der Waals surface area contributed by atoms with Crippen LogP contribution in [0.25, 0.3) is 6.08 Å². The zero-order valence-corrected chi connectivity index (χ0v) is 24.1. The highest BCUT2D eigenvalue weighted by molar-refractivity contribution is 7.09. The highest BCUT2D eigenvalue weighted by Crippen LogP contribution is 2.28. The molecular formula is C33H38N2O4S. The third-order valence-electron chi connectivity index (χ3n) is 7.14. The number of aliphatic carboxylic acids is 1. The zero-order valence-electron chi connectivity index (χ0n) is 23.3. The Hall–Kier alpha value is -3.71. The van der Waals surface area contributed by atoms with Crippen molar-refractivity contribution >= 4 is 29.3 Å². The van der Waals surface area contributed by atoms with Gasteiger partial charge in [-0.3, -0.25) is 4.79 Å². The molecule has 0 radical (unpaired) electrons. The van der Waals surface area contributed by atoms with Crippen LogP contribution < -0.4 is 10.1 Å². The van der Waals surface area contributed by atoms with Crippen LogP contribution >= 0.6 is 11.3 Å². The van der Waals surface area contributed by atoms with E-state index in [1.807, 2.05) is 73.0 Å². The summed E-state index contributed by atoms with van der Waals surface area (Å²) in [4.78, 5) is 29.1. The van der Waals surface area contributed by atoms with Gasteiger partial charge < -0.3 is 15.2 Å². The molecule has 1 atom stereocenters. The van der Waals surface area contributed by atoms with Gasteiger partial charge in [-0.05, 0) is 80.0 Å². The van der Waals surface area contributed by atoms with Crippen molar-refractivity contribution in [3.05, 3.63) is 99.0 Å². The number of benzene rings is 2. The number of hydrogen-bond acceptors (Lipinski definition) is 5. The molecule has 1 heterocycles. The minimum Gasteiger partial charge on any atom is -0.489 e. The summed E-state index contributed by atoms with van der Waals surface area (Å²) in [6.07, 6.45) is 10.6. The number of aromatic nitrogens is 1. The normalized spacial score (nSPS) is 15.4. The number of rotatable bonds is 12. The first-order chi connectivity index (χ1) is 19.4. The molecular weight excluding hydrogens is 520 g/mol. The lowest BCUT2D eigenvalue weighted by molar-refractivity contribution is -0.132. The maximum atomic E-state index is 13.1. The fraction of sp³-hybridized carbons (Fsp3) is 0.364. The van der Waals surface area contributed by atoms with E-state index in [4.69, 9.17) is 14.8 Å². The Kier molecular flexibility index (Phi) is 10.7. The summed E-state index contributed by atoms with van der Waals surface area (Å²) in [5, 5.41) is 15.2. The predicted molar refractivity (Wildman–Crippen MR) is 160 cm³/mol. The molecule has 2 N–H and O–H groups in total. The summed E-state index contributed by atoms with van der Waals surface area (Å²) in [7, 11) is 0. The Morgan fingerprint density at radius 1 is 1.05 bits per heavy atom. The summed E-state index contributed by atoms with van der Waals surface area (Å²) in [6, 6.07) is 17.8. The Bertz CT molecular complexity index is 1320. The van der Waals surface area contributed by atoms with Crippen molar-refractivity contribution in [2.24, 2.45) is 5.92 Å². The molecule has 6 nitrogen and oxygen atoms in total. The molecule has 1 fully saturated rings. The first-order valence-corrected chi connectivity index (χ1v) is 14.8. The molecule has 1 saturated carbocycles. The van der Waals surface area contributed by atoms with Gasteiger partial charge in [0.2, 0.25) is 5.91 Å². The molecule has 7 heteroatoms. The van der Waals surface area contributed by atoms with Crippen molar-refractivity contribution in [2.45, 2.75) is 71.4 Å². The lowest BCUT2D eigenvalue weighted by Crippen LogP contribution is -2.31. The van der Waals surface area contributed by atoms with Gasteiger partial charge in [-0.15, -0.1) is 11.3 Å². The quantitative estimate of drug-likeness (QED) is 0.177. The summed E-state index contributed by atoms with van der Waals surface area (Å²) >= 11 is 1.51. The number of carbonyl (C=O) groups excluding carboxylic acids is 1. The first kappa shape index (κ1) is 29.3. The average molecular weight is 559 g/mol. The minimum absolute atomic E-state index is 0.0724. The van der Waals surface area contributed by atoms with Crippen LogP contribution in [0.1, 0.15) is 80.2 Å². The fourth-order valence-electron chi connectivity index (χ4n) is 5.01. The van der Waals surface area contributed by atoms with Crippen LogP contribution in [0.4, 0.5) is 0 Å². The van der Waals surface area contributed by atoms with Gasteiger partial charge in [-0.25, -0.2) is 9.78 Å². The van der Waals surface area contributed by atoms with Crippen LogP contribution in [-0.2, 0) is 22.6 Å². The Labute approximate surface area is 240 Å². The van der Waals surface area contributed by atoms with E-state index in [1.165, 1.54) is 30.6 Å². The van der Waals surface area contributed by atoms with Gasteiger partial charge in [0.1, 0.15) is 17.4 Å². The van der Waals surface area contributed by atoms with Gasteiger partial charge in [-0.2, -0.15) is 0 Å². The van der Waals surface area contributed by atoms with Crippen LogP contribution in [0.5, 0.6) is 5.75 Å². The number of carboxylic acids is 1. The van der Waals surface area contributed by atoms with E-state index >= 15 is 0 Å². The Morgan fingerprint density at radius 3 is 2.48 bits per heavy atom. The number of thiazole rings is 1. The number of amides is 1. The van der Waals surface area contributed by atoms with Gasteiger partial charge in [0, 0.05) is 17.4 Å². The lowest BCUT2D eigenvalue weighted by atomic mass is 9.87. The molecule has 1 amide bonds. The number of nitrogens with one attached hydrogen (secondary N) is 1. The molecule has 2 aromatic carbocycles. The maximum absolute atomic E-state index is 13.1. The van der Waals surface area contributed by atoms with E-state index < -0.39 is 5.97 Å². The van der Waals surface area contributed by atoms with E-state index in [0.29, 0.717) is 25.4 Å². The highest BCUT2D eigenvalue weighted by Gasteiger charge is 2.22. The van der Waals surface area contributed by atoms with E-state index in [-0.39, 0.29) is 17.5 Å². The molecule has 0 bridgehead atoms. The number of hydrogen-bond donors (Lipinski definition) is 2. The number of carboxylic acid groups (broad SMARTS) is 1. The van der Waals surface area contributed by atoms with E-state index in [9.17, 15) is 9.59 Å². The Balaban J connectivity index is 1.46. The predicted octanol–water partition coefficient (Wildman–Crippen LogP) is 7.53. The monoisotopic (exact) mass is 558 g/mol. The number of carbonyl (C=O) groups is 2. The van der Waals surface area contributed by atoms with Crippen molar-refractivity contribution in [3.8, 4) is 5.75 Å². The Morgan fingerprint density at radius 2 is 1.77 bits per heavy atom. The number of ether oxygens (including phenoxy) is 1. The standard InChI is InChI=1S/C33H38N2O4S/c1-23(17-24(2)33(37)38)18-28-22-40-32(34-28)30(35-31(36)20-25-9-5-3-6-10-25)19-26-13-15-29(16-14-26)39-21-27-11-7-4-8-12-27/h4,7-8,11-18,22,25,30H,3,5-6,9-10,19-21H2,1-2H3,(H,35,36)(H,37,38)/b23-18+,24-17-. The van der Waals surface area contributed by atoms with E-state index in [0.717, 1.165) is 46.0 Å². The number of allylic oxidation sites excluding steroid dienone is 2. The van der Waals surface area contributed by atoms with Crippen molar-refractivity contribution in [1.82, 2.24) is 10.3 Å². The maximum Gasteiger partial charge on any atom is 0.331 e. The van der Waals surface area contributed by atoms with Crippen molar-refractivity contribution in [2.75, 3.05) is 0 Å². The lowest BCUT2D eigenvalue weighted by Gasteiger charge is -2.23. The van der Waals surface area contributed by atoms with Crippen LogP contribution in [0, 0.1) is 5.92 Å². The molecule has 210 valence electrons. The zero-order chi connectivity index (χ0) is 28.3. The molecule has 0 spiro atoms. The molecule has 1 aliphatic carbocycles. The number of nitrogens with zero attached hydrogens (tertiary/aromatic N) is 1. The van der Waals surface area contributed by atoms with E-state index in [1.54, 1.807) is 13.0 Å². The van der Waals surface area contributed by atoms with E-state index in [2.05, 4.69) is 5.32 Å². The third kappa shape index (κ3) is 9.19. The second-order valence-electron chi connectivity index (χ2n) is 10.6. The topological polar surface area (TPSA) is 88.5 Å². The second kappa shape index (κ2) is 14.6. The summed E-state index contributed by atoms with van der Waals surface area (Å²) in [5.41, 5.74) is 4.03. The molecule has 1 unspecified atom stereocenters. The van der Waals surface area contributed by atoms with Crippen LogP contribution in [0.3, 0.4) is 0 Å². The van der Waals surface area contributed by atoms with Crippen molar-refractivity contribution < 1.29 is 19.4 Å². The van der Waals surface area contributed by atoms with Gasteiger partial charge >= 0.3 is 5.97 Å². The molecule has 1 aliphatic rings. The molecule has 3 aromatic rings. The van der Waals surface area contributed by atoms with Crippen LogP contribution in [0.2, 0.25) is 0 Å². The summed E-state index contributed by atoms with van der Waals surface area (Å²) in [5.74, 6) is 0.386. The van der Waals surface area contributed by atoms with Gasteiger partial charge in [0.15, 0.2) is 0 Å². The SMILES string of the molecule is C/C(=C/C(C)=C/c1csc(C(Cc2ccc(OCc3ccccc3)cc2)NC(=O)CC2CCCCC2)n1)C(=O)O. The molecule has 1 aromatic heterocycles. The van der Waals surface area contributed by atoms with Gasteiger partial charge in [0.05, 0.1) is 11.7 Å². The fourth-order valence-corrected chi connectivity index (χ4v) is 5.84. The smallest absolute Gasteiger partial charge is 0.331 e. The second-order valence-corrected chi connectivity index (χ2v) is 11.5. The van der Waals surface area contributed by atoms with Crippen molar-refractivity contribution in [3.63, 3.8) is 0 Å². The molecule has 0 aliphatic heterocycles. The molecule has 40 heavy (non-hydrogen) atoms. The van der Waals surface area contributed by atoms with Crippen LogP contribution in [-0.4, -0.2) is 22.0 Å². The van der Waals surface area contributed by atoms with Crippen molar-refractivity contribution in [1.29, 1.82) is 0 Å². The third-order valence-corrected chi connectivity index (χ3v) is 8.12. The average Bonchev–Trinajstić information content (AvgIpc) is 3.41. The van der Waals surface area contributed by atoms with Gasteiger partial charge in [-0.1, -0.05) is 61.7 Å². The minimum atomic E-state index is -0.941. The van der Waals surface area contributed by atoms with Crippen LogP contribution in [0.15, 0.2) is 77.2 Å². The summed E-state index contributed by atoms with van der Waals surface area (Å²) in [6.45, 7) is 3.94.